The van der Waals surface area contributed by atoms with Crippen molar-refractivity contribution in [2.75, 3.05) is 32.8 Å². The third-order valence-electron chi connectivity index (χ3n) is 3.37. The van der Waals surface area contributed by atoms with Crippen LogP contribution in [0.1, 0.15) is 19.8 Å². The maximum atomic E-state index is 13.4. The molecular weight excluding hydrogens is 431 g/mol. The minimum absolute atomic E-state index is 0. The molecule has 1 heterocycles. The fourth-order valence-electron chi connectivity index (χ4n) is 2.25. The van der Waals surface area contributed by atoms with E-state index in [0.29, 0.717) is 19.0 Å². The lowest BCUT2D eigenvalue weighted by molar-refractivity contribution is 0.117. The van der Waals surface area contributed by atoms with Crippen LogP contribution < -0.4 is 15.4 Å². The normalized spacial score (nSPS) is 17.3. The van der Waals surface area contributed by atoms with Crippen LogP contribution in [0.5, 0.6) is 5.75 Å². The number of hydrogen-bond acceptors (Lipinski definition) is 3. The first-order chi connectivity index (χ1) is 11.2. The van der Waals surface area contributed by atoms with E-state index in [-0.39, 0.29) is 42.4 Å². The van der Waals surface area contributed by atoms with Crippen molar-refractivity contribution >= 4 is 29.9 Å². The first-order valence-corrected chi connectivity index (χ1v) is 7.90. The van der Waals surface area contributed by atoms with Crippen LogP contribution in [0.4, 0.5) is 8.78 Å². The van der Waals surface area contributed by atoms with Gasteiger partial charge in [-0.25, -0.2) is 8.78 Å². The number of nitrogens with one attached hydrogen (secondary N) is 2. The van der Waals surface area contributed by atoms with Gasteiger partial charge in [-0.05, 0) is 31.9 Å². The fraction of sp³-hybridized carbons (Fsp3) is 0.562. The molecule has 1 aromatic carbocycles. The van der Waals surface area contributed by atoms with Crippen LogP contribution in [-0.4, -0.2) is 44.9 Å². The first kappa shape index (κ1) is 20.9. The second kappa shape index (κ2) is 11.4. The number of rotatable bonds is 7. The lowest BCUT2D eigenvalue weighted by Gasteiger charge is -2.13. The third kappa shape index (κ3) is 7.16. The number of ether oxygens (including phenoxy) is 2. The van der Waals surface area contributed by atoms with Gasteiger partial charge in [0.25, 0.3) is 0 Å². The van der Waals surface area contributed by atoms with Crippen molar-refractivity contribution in [1.82, 2.24) is 10.6 Å². The van der Waals surface area contributed by atoms with Crippen molar-refractivity contribution < 1.29 is 18.3 Å². The van der Waals surface area contributed by atoms with Gasteiger partial charge in [0.2, 0.25) is 0 Å². The van der Waals surface area contributed by atoms with Gasteiger partial charge in [-0.15, -0.1) is 24.0 Å². The molecule has 136 valence electrons. The Bertz CT molecular complexity index is 526. The fourth-order valence-corrected chi connectivity index (χ4v) is 2.25. The maximum absolute atomic E-state index is 13.4. The number of nitrogens with zero attached hydrogens (tertiary/aromatic N) is 1. The van der Waals surface area contributed by atoms with Crippen molar-refractivity contribution in [2.45, 2.75) is 25.9 Å². The number of hydrogen-bond donors (Lipinski definition) is 2. The standard InChI is InChI=1S/C16H23F2N3O2.HI/c1-2-19-16(21-11-13-4-3-8-22-13)20-7-9-23-15-6-5-12(17)10-14(15)18;/h5-6,10,13H,2-4,7-9,11H2,1H3,(H2,19,20,21);1H. The van der Waals surface area contributed by atoms with Gasteiger partial charge in [0, 0.05) is 19.2 Å². The van der Waals surface area contributed by atoms with E-state index >= 15 is 0 Å². The molecule has 24 heavy (non-hydrogen) atoms. The Labute approximate surface area is 158 Å². The van der Waals surface area contributed by atoms with Gasteiger partial charge in [0.15, 0.2) is 17.5 Å². The van der Waals surface area contributed by atoms with Gasteiger partial charge in [0.1, 0.15) is 12.4 Å². The Morgan fingerprint density at radius 3 is 2.88 bits per heavy atom. The highest BCUT2D eigenvalue weighted by atomic mass is 127. The van der Waals surface area contributed by atoms with Crippen molar-refractivity contribution in [3.05, 3.63) is 29.8 Å². The van der Waals surface area contributed by atoms with Crippen LogP contribution in [-0.2, 0) is 4.74 Å². The molecule has 1 fully saturated rings. The van der Waals surface area contributed by atoms with Crippen LogP contribution >= 0.6 is 24.0 Å². The minimum atomic E-state index is -0.705. The van der Waals surface area contributed by atoms with Crippen LogP contribution in [0.25, 0.3) is 0 Å². The zero-order valence-corrected chi connectivity index (χ0v) is 16.0. The van der Waals surface area contributed by atoms with Gasteiger partial charge in [-0.1, -0.05) is 0 Å². The lowest BCUT2D eigenvalue weighted by Crippen LogP contribution is -2.39. The molecule has 1 aromatic rings. The second-order valence-electron chi connectivity index (χ2n) is 5.20. The summed E-state index contributed by atoms with van der Waals surface area (Å²) in [7, 11) is 0. The average Bonchev–Trinajstić information content (AvgIpc) is 3.04. The molecule has 1 atom stereocenters. The predicted octanol–water partition coefficient (Wildman–Crippen LogP) is 2.70. The Kier molecular flexibility index (Phi) is 9.92. The summed E-state index contributed by atoms with van der Waals surface area (Å²) in [5.41, 5.74) is 0. The molecule has 0 saturated carbocycles. The lowest BCUT2D eigenvalue weighted by atomic mass is 10.2. The van der Waals surface area contributed by atoms with E-state index < -0.39 is 11.6 Å². The molecule has 2 rings (SSSR count). The van der Waals surface area contributed by atoms with E-state index in [1.54, 1.807) is 0 Å². The van der Waals surface area contributed by atoms with Crippen molar-refractivity contribution in [2.24, 2.45) is 4.99 Å². The molecule has 0 radical (unpaired) electrons. The predicted molar refractivity (Wildman–Crippen MR) is 100 cm³/mol. The molecule has 0 spiro atoms. The topological polar surface area (TPSA) is 54.9 Å². The van der Waals surface area contributed by atoms with E-state index in [0.717, 1.165) is 32.1 Å². The van der Waals surface area contributed by atoms with Gasteiger partial charge < -0.3 is 20.1 Å². The summed E-state index contributed by atoms with van der Waals surface area (Å²) in [6.45, 7) is 4.84. The van der Waals surface area contributed by atoms with E-state index in [1.807, 2.05) is 6.92 Å². The Morgan fingerprint density at radius 2 is 2.21 bits per heavy atom. The largest absolute Gasteiger partial charge is 0.489 e. The zero-order valence-electron chi connectivity index (χ0n) is 13.7. The van der Waals surface area contributed by atoms with Crippen LogP contribution in [0.2, 0.25) is 0 Å². The van der Waals surface area contributed by atoms with Crippen LogP contribution in [0, 0.1) is 11.6 Å². The molecule has 1 aliphatic heterocycles. The van der Waals surface area contributed by atoms with Crippen molar-refractivity contribution in [3.8, 4) is 5.75 Å². The number of aliphatic imine (C=N–C) groups is 1. The summed E-state index contributed by atoms with van der Waals surface area (Å²) >= 11 is 0. The summed E-state index contributed by atoms with van der Waals surface area (Å²) in [6.07, 6.45) is 2.31. The number of guanidine groups is 1. The smallest absolute Gasteiger partial charge is 0.191 e. The van der Waals surface area contributed by atoms with Gasteiger partial charge in [-0.2, -0.15) is 0 Å². The third-order valence-corrected chi connectivity index (χ3v) is 3.37. The van der Waals surface area contributed by atoms with E-state index in [9.17, 15) is 8.78 Å². The highest BCUT2D eigenvalue weighted by Gasteiger charge is 2.14. The van der Waals surface area contributed by atoms with Crippen molar-refractivity contribution in [1.29, 1.82) is 0 Å². The van der Waals surface area contributed by atoms with Gasteiger partial charge in [-0.3, -0.25) is 4.99 Å². The van der Waals surface area contributed by atoms with Gasteiger partial charge in [0.05, 0.1) is 19.2 Å². The van der Waals surface area contributed by atoms with Crippen LogP contribution in [0.3, 0.4) is 0 Å². The quantitative estimate of drug-likeness (QED) is 0.288. The molecule has 2 N–H and O–H groups in total. The molecular formula is C16H24F2IN3O2. The Morgan fingerprint density at radius 1 is 1.38 bits per heavy atom. The van der Waals surface area contributed by atoms with Gasteiger partial charge >= 0.3 is 0 Å². The SMILES string of the molecule is CCNC(=NCC1CCCO1)NCCOc1ccc(F)cc1F.I. The average molecular weight is 455 g/mol. The summed E-state index contributed by atoms with van der Waals surface area (Å²) in [6, 6.07) is 3.25. The molecule has 1 unspecified atom stereocenters. The highest BCUT2D eigenvalue weighted by molar-refractivity contribution is 14.0. The summed E-state index contributed by atoms with van der Waals surface area (Å²) in [5.74, 6) is -0.617. The Hall–Kier alpha value is -1.16. The monoisotopic (exact) mass is 455 g/mol. The van der Waals surface area contributed by atoms with E-state index in [1.165, 1.54) is 12.1 Å². The molecule has 0 amide bonds. The second-order valence-corrected chi connectivity index (χ2v) is 5.20. The van der Waals surface area contributed by atoms with Crippen LogP contribution in [0.15, 0.2) is 23.2 Å². The summed E-state index contributed by atoms with van der Waals surface area (Å²) in [4.78, 5) is 4.46. The van der Waals surface area contributed by atoms with Crippen molar-refractivity contribution in [3.63, 3.8) is 0 Å². The molecule has 1 aliphatic rings. The highest BCUT2D eigenvalue weighted by Crippen LogP contribution is 2.17. The maximum Gasteiger partial charge on any atom is 0.191 e. The summed E-state index contributed by atoms with van der Waals surface area (Å²) < 4.78 is 37.0. The van der Waals surface area contributed by atoms with E-state index in [4.69, 9.17) is 9.47 Å². The molecule has 1 saturated heterocycles. The zero-order chi connectivity index (χ0) is 16.5. The molecule has 8 heteroatoms. The molecule has 0 aromatic heterocycles. The number of halogens is 3. The summed E-state index contributed by atoms with van der Waals surface area (Å²) in [5, 5.41) is 6.24. The molecule has 5 nitrogen and oxygen atoms in total. The molecule has 0 aliphatic carbocycles. The first-order valence-electron chi connectivity index (χ1n) is 7.90. The van der Waals surface area contributed by atoms with E-state index in [2.05, 4.69) is 15.6 Å². The minimum Gasteiger partial charge on any atom is -0.489 e. The Balaban J connectivity index is 0.00000288. The number of benzene rings is 1. The molecule has 0 bridgehead atoms.